The van der Waals surface area contributed by atoms with E-state index in [1.165, 1.54) is 36.4 Å². The lowest BCUT2D eigenvalue weighted by Crippen LogP contribution is -2.09. The van der Waals surface area contributed by atoms with E-state index in [0.29, 0.717) is 11.4 Å². The highest BCUT2D eigenvalue weighted by atomic mass is 32.2. The summed E-state index contributed by atoms with van der Waals surface area (Å²) in [7, 11) is -3.50. The lowest BCUT2D eigenvalue weighted by Gasteiger charge is -2.09. The van der Waals surface area contributed by atoms with Crippen molar-refractivity contribution in [2.45, 2.75) is 11.3 Å². The van der Waals surface area contributed by atoms with Crippen molar-refractivity contribution >= 4 is 21.4 Å². The minimum absolute atomic E-state index is 0.122. The quantitative estimate of drug-likeness (QED) is 0.896. The van der Waals surface area contributed by atoms with Crippen LogP contribution in [-0.2, 0) is 14.6 Å². The number of hydrogen-bond donors (Lipinski definition) is 1. The van der Waals surface area contributed by atoms with E-state index in [-0.39, 0.29) is 17.1 Å². The first-order chi connectivity index (χ1) is 11.3. The highest BCUT2D eigenvalue weighted by molar-refractivity contribution is 7.90. The maximum Gasteiger partial charge on any atom is 0.238 e. The van der Waals surface area contributed by atoms with Gasteiger partial charge in [0.25, 0.3) is 0 Å². The minimum atomic E-state index is -3.50. The molecule has 0 radical (unpaired) electrons. The third kappa shape index (κ3) is 4.54. The molecule has 0 fully saturated rings. The van der Waals surface area contributed by atoms with Crippen LogP contribution in [0.25, 0.3) is 0 Å². The van der Waals surface area contributed by atoms with Gasteiger partial charge in [0.05, 0.1) is 11.0 Å². The molecule has 0 aliphatic carbocycles. The lowest BCUT2D eigenvalue weighted by atomic mass is 10.3. The Balaban J connectivity index is 2.12. The number of nitriles is 1. The number of amides is 1. The van der Waals surface area contributed by atoms with E-state index < -0.39 is 21.6 Å². The Morgan fingerprint density at radius 2 is 1.92 bits per heavy atom. The first kappa shape index (κ1) is 17.4. The first-order valence-electron chi connectivity index (χ1n) is 6.74. The second-order valence-electron chi connectivity index (χ2n) is 4.87. The monoisotopic (exact) mass is 348 g/mol. The molecule has 0 aliphatic rings. The van der Waals surface area contributed by atoms with E-state index in [1.54, 1.807) is 6.07 Å². The second kappa shape index (κ2) is 7.10. The van der Waals surface area contributed by atoms with Crippen LogP contribution in [0.15, 0.2) is 47.4 Å². The summed E-state index contributed by atoms with van der Waals surface area (Å²) in [5, 5.41) is 10.9. The molecule has 24 heavy (non-hydrogen) atoms. The van der Waals surface area contributed by atoms with E-state index in [1.807, 2.05) is 0 Å². The molecule has 1 amide bonds. The van der Waals surface area contributed by atoms with Crippen molar-refractivity contribution in [1.29, 1.82) is 5.26 Å². The maximum atomic E-state index is 13.9. The van der Waals surface area contributed by atoms with Crippen LogP contribution in [0.3, 0.4) is 0 Å². The van der Waals surface area contributed by atoms with Gasteiger partial charge in [-0.15, -0.1) is 0 Å². The van der Waals surface area contributed by atoms with Crippen molar-refractivity contribution in [1.82, 2.24) is 0 Å². The highest BCUT2D eigenvalue weighted by Gasteiger charge is 2.12. The van der Waals surface area contributed by atoms with Gasteiger partial charge in [-0.25, -0.2) is 12.8 Å². The molecule has 0 heterocycles. The number of sulfone groups is 1. The third-order valence-electron chi connectivity index (χ3n) is 2.94. The molecule has 0 saturated heterocycles. The zero-order chi connectivity index (χ0) is 17.7. The molecule has 0 aromatic heterocycles. The van der Waals surface area contributed by atoms with Crippen molar-refractivity contribution < 1.29 is 22.3 Å². The molecular formula is C16H13FN2O4S. The van der Waals surface area contributed by atoms with Crippen molar-refractivity contribution in [3.63, 3.8) is 0 Å². The highest BCUT2D eigenvalue weighted by Crippen LogP contribution is 2.27. The van der Waals surface area contributed by atoms with Gasteiger partial charge in [-0.2, -0.15) is 5.26 Å². The summed E-state index contributed by atoms with van der Waals surface area (Å²) >= 11 is 0. The molecule has 0 atom stereocenters. The van der Waals surface area contributed by atoms with E-state index >= 15 is 0 Å². The summed E-state index contributed by atoms with van der Waals surface area (Å²) in [4.78, 5) is 11.1. The number of carbonyl (C=O) groups excluding carboxylic acids is 1. The van der Waals surface area contributed by atoms with Crippen LogP contribution in [0.5, 0.6) is 11.5 Å². The standard InChI is InChI=1S/C16H13FN2O4S/c1-24(21,22)13-6-7-15(14(17)10-13)23-12-4-2-11(3-5-12)19-16(20)8-9-18/h2-7,10H,8H2,1H3,(H,19,20). The Bertz CT molecular complexity index is 903. The van der Waals surface area contributed by atoms with Crippen molar-refractivity contribution in [2.75, 3.05) is 11.6 Å². The normalized spacial score (nSPS) is 10.7. The first-order valence-corrected chi connectivity index (χ1v) is 8.63. The summed E-state index contributed by atoms with van der Waals surface area (Å²) in [5.74, 6) is -1.05. The number of rotatable bonds is 5. The van der Waals surface area contributed by atoms with Crippen molar-refractivity contribution in [2.24, 2.45) is 0 Å². The third-order valence-corrected chi connectivity index (χ3v) is 4.05. The fourth-order valence-corrected chi connectivity index (χ4v) is 2.44. The number of benzene rings is 2. The maximum absolute atomic E-state index is 13.9. The number of ether oxygens (including phenoxy) is 1. The molecular weight excluding hydrogens is 335 g/mol. The van der Waals surface area contributed by atoms with Crippen LogP contribution >= 0.6 is 0 Å². The number of nitrogens with one attached hydrogen (secondary N) is 1. The van der Waals surface area contributed by atoms with Gasteiger partial charge < -0.3 is 10.1 Å². The summed E-state index contributed by atoms with van der Waals surface area (Å²) in [6.07, 6.45) is 0.734. The number of carbonyl (C=O) groups is 1. The average Bonchev–Trinajstić information content (AvgIpc) is 2.50. The van der Waals surface area contributed by atoms with Crippen LogP contribution in [0.2, 0.25) is 0 Å². The van der Waals surface area contributed by atoms with Crippen molar-refractivity contribution in [3.05, 3.63) is 48.3 Å². The summed E-state index contributed by atoms with van der Waals surface area (Å²) in [6.45, 7) is 0. The van der Waals surface area contributed by atoms with E-state index in [2.05, 4.69) is 5.32 Å². The molecule has 2 aromatic rings. The zero-order valence-electron chi connectivity index (χ0n) is 12.6. The van der Waals surface area contributed by atoms with Gasteiger partial charge in [-0.1, -0.05) is 0 Å². The van der Waals surface area contributed by atoms with E-state index in [4.69, 9.17) is 10.00 Å². The van der Waals surface area contributed by atoms with Crippen LogP contribution in [0.4, 0.5) is 10.1 Å². The Hall–Kier alpha value is -2.92. The van der Waals surface area contributed by atoms with E-state index in [0.717, 1.165) is 12.3 Å². The number of halogens is 1. The minimum Gasteiger partial charge on any atom is -0.454 e. The Labute approximate surface area is 138 Å². The molecule has 124 valence electrons. The number of hydrogen-bond acceptors (Lipinski definition) is 5. The van der Waals surface area contributed by atoms with Crippen molar-refractivity contribution in [3.8, 4) is 17.6 Å². The van der Waals surface area contributed by atoms with Crippen LogP contribution < -0.4 is 10.1 Å². The Morgan fingerprint density at radius 1 is 1.25 bits per heavy atom. The topological polar surface area (TPSA) is 96.3 Å². The van der Waals surface area contributed by atoms with Gasteiger partial charge >= 0.3 is 0 Å². The Kier molecular flexibility index (Phi) is 5.16. The van der Waals surface area contributed by atoms with Gasteiger partial charge in [0, 0.05) is 11.9 Å². The van der Waals surface area contributed by atoms with E-state index in [9.17, 15) is 17.6 Å². The predicted octanol–water partition coefficient (Wildman–Crippen LogP) is 2.87. The fraction of sp³-hybridized carbons (Fsp3) is 0.125. The fourth-order valence-electron chi connectivity index (χ4n) is 1.81. The van der Waals surface area contributed by atoms with Crippen LogP contribution in [0.1, 0.15) is 6.42 Å². The number of anilines is 1. The average molecular weight is 348 g/mol. The van der Waals surface area contributed by atoms with Gasteiger partial charge in [0.2, 0.25) is 5.91 Å². The zero-order valence-corrected chi connectivity index (χ0v) is 13.4. The van der Waals surface area contributed by atoms with Crippen LogP contribution in [-0.4, -0.2) is 20.6 Å². The molecule has 2 aromatic carbocycles. The SMILES string of the molecule is CS(=O)(=O)c1ccc(Oc2ccc(NC(=O)CC#N)cc2)c(F)c1. The lowest BCUT2D eigenvalue weighted by molar-refractivity contribution is -0.115. The molecule has 0 aliphatic heterocycles. The molecule has 6 nitrogen and oxygen atoms in total. The summed E-state index contributed by atoms with van der Waals surface area (Å²) < 4.78 is 42.0. The molecule has 0 spiro atoms. The van der Waals surface area contributed by atoms with Crippen LogP contribution in [0, 0.1) is 17.1 Å². The molecule has 0 saturated carbocycles. The van der Waals surface area contributed by atoms with Gasteiger partial charge in [-0.05, 0) is 42.5 Å². The largest absolute Gasteiger partial charge is 0.454 e. The molecule has 1 N–H and O–H groups in total. The summed E-state index contributed by atoms with van der Waals surface area (Å²) in [6, 6.07) is 11.2. The Morgan fingerprint density at radius 3 is 2.46 bits per heavy atom. The second-order valence-corrected chi connectivity index (χ2v) is 6.89. The smallest absolute Gasteiger partial charge is 0.238 e. The molecule has 0 unspecified atom stereocenters. The molecule has 0 bridgehead atoms. The number of nitrogens with zero attached hydrogens (tertiary/aromatic N) is 1. The molecule has 8 heteroatoms. The molecule has 2 rings (SSSR count). The van der Waals surface area contributed by atoms with Gasteiger partial charge in [0.15, 0.2) is 21.4 Å². The predicted molar refractivity (Wildman–Crippen MR) is 84.9 cm³/mol. The van der Waals surface area contributed by atoms with Gasteiger partial charge in [-0.3, -0.25) is 4.79 Å². The summed E-state index contributed by atoms with van der Waals surface area (Å²) in [5.41, 5.74) is 0.468. The van der Waals surface area contributed by atoms with Gasteiger partial charge in [0.1, 0.15) is 12.2 Å².